The number of nitrogens with zero attached hydrogens (tertiary/aromatic N) is 2. The topological polar surface area (TPSA) is 52.1 Å². The number of hydrogen-bond acceptors (Lipinski definition) is 4. The first kappa shape index (κ1) is 26.7. The highest BCUT2D eigenvalue weighted by Gasteiger charge is 2.14. The SMILES string of the molecule is c1cc(-c2ccc3c4ccc(-c5cccc(-c6nc7ccccc7o6)c5)cc4c4ccccc4c3c2)cc(-c2nc3ccccc3o2)c1. The highest BCUT2D eigenvalue weighted by Crippen LogP contribution is 2.40. The molecule has 0 aliphatic carbocycles. The monoisotopic (exact) mass is 614 g/mol. The molecule has 0 unspecified atom stereocenters. The Morgan fingerprint density at radius 1 is 0.292 bits per heavy atom. The Hall–Kier alpha value is -6.52. The molecule has 0 bridgehead atoms. The van der Waals surface area contributed by atoms with E-state index < -0.39 is 0 Å². The number of hydrogen-bond donors (Lipinski definition) is 0. The van der Waals surface area contributed by atoms with Gasteiger partial charge in [0.15, 0.2) is 11.2 Å². The lowest BCUT2D eigenvalue weighted by molar-refractivity contribution is 0.619. The first-order valence-corrected chi connectivity index (χ1v) is 16.1. The number of benzene rings is 8. The van der Waals surface area contributed by atoms with Gasteiger partial charge >= 0.3 is 0 Å². The second-order valence-electron chi connectivity index (χ2n) is 12.2. The Morgan fingerprint density at radius 3 is 1.17 bits per heavy atom. The van der Waals surface area contributed by atoms with Gasteiger partial charge in [-0.25, -0.2) is 9.97 Å². The van der Waals surface area contributed by atoms with E-state index in [2.05, 4.69) is 109 Å². The Kier molecular flexibility index (Phi) is 5.84. The largest absolute Gasteiger partial charge is 0.436 e. The Bertz CT molecular complexity index is 2580. The zero-order chi connectivity index (χ0) is 31.6. The van der Waals surface area contributed by atoms with Gasteiger partial charge < -0.3 is 8.83 Å². The summed E-state index contributed by atoms with van der Waals surface area (Å²) in [4.78, 5) is 9.45. The van der Waals surface area contributed by atoms with Crippen LogP contribution < -0.4 is 0 Å². The van der Waals surface area contributed by atoms with Crippen molar-refractivity contribution in [1.82, 2.24) is 9.97 Å². The van der Waals surface area contributed by atoms with Crippen LogP contribution in [0.5, 0.6) is 0 Å². The smallest absolute Gasteiger partial charge is 0.227 e. The van der Waals surface area contributed by atoms with Crippen molar-refractivity contribution in [1.29, 1.82) is 0 Å². The Balaban J connectivity index is 1.09. The molecular formula is C44H26N2O2. The molecule has 2 heterocycles. The lowest BCUT2D eigenvalue weighted by Gasteiger charge is -2.14. The molecule has 4 nitrogen and oxygen atoms in total. The molecule has 0 aliphatic rings. The standard InChI is InChI=1S/C44H26N2O2/c1-2-14-34-33(13-1)37-25-29(27-9-7-11-31(23-27)43-45-39-15-3-5-17-41(39)47-43)19-21-35(37)36-22-20-30(26-38(34)36)28-10-8-12-32(24-28)44-46-40-16-4-6-18-42(40)48-44/h1-26H. The van der Waals surface area contributed by atoms with Crippen molar-refractivity contribution < 1.29 is 8.83 Å². The summed E-state index contributed by atoms with van der Waals surface area (Å²) in [6, 6.07) is 55.0. The van der Waals surface area contributed by atoms with Crippen LogP contribution in [0.1, 0.15) is 0 Å². The molecule has 0 fully saturated rings. The third kappa shape index (κ3) is 4.31. The van der Waals surface area contributed by atoms with Gasteiger partial charge in [-0.05, 0) is 115 Å². The molecule has 0 amide bonds. The molecule has 2 aromatic heterocycles. The van der Waals surface area contributed by atoms with Crippen molar-refractivity contribution in [2.45, 2.75) is 0 Å². The Labute approximate surface area is 275 Å². The third-order valence-electron chi connectivity index (χ3n) is 9.31. The van der Waals surface area contributed by atoms with Gasteiger partial charge in [0, 0.05) is 11.1 Å². The van der Waals surface area contributed by atoms with Gasteiger partial charge in [0.25, 0.3) is 0 Å². The second kappa shape index (κ2) is 10.5. The van der Waals surface area contributed by atoms with Crippen LogP contribution in [-0.2, 0) is 0 Å². The molecule has 0 atom stereocenters. The summed E-state index contributed by atoms with van der Waals surface area (Å²) in [5.41, 5.74) is 9.77. The molecule has 0 spiro atoms. The quantitative estimate of drug-likeness (QED) is 0.185. The zero-order valence-electron chi connectivity index (χ0n) is 25.7. The van der Waals surface area contributed by atoms with Crippen LogP contribution in [0.4, 0.5) is 0 Å². The number of oxazole rings is 2. The van der Waals surface area contributed by atoms with Crippen LogP contribution in [-0.4, -0.2) is 9.97 Å². The van der Waals surface area contributed by atoms with E-state index in [0.29, 0.717) is 11.8 Å². The van der Waals surface area contributed by atoms with Crippen molar-refractivity contribution >= 4 is 54.5 Å². The van der Waals surface area contributed by atoms with E-state index in [-0.39, 0.29) is 0 Å². The van der Waals surface area contributed by atoms with Gasteiger partial charge in [-0.3, -0.25) is 0 Å². The third-order valence-corrected chi connectivity index (χ3v) is 9.31. The maximum Gasteiger partial charge on any atom is 0.227 e. The van der Waals surface area contributed by atoms with Crippen molar-refractivity contribution in [2.24, 2.45) is 0 Å². The average molecular weight is 615 g/mol. The lowest BCUT2D eigenvalue weighted by atomic mass is 9.90. The van der Waals surface area contributed by atoms with Crippen LogP contribution in [0.3, 0.4) is 0 Å². The van der Waals surface area contributed by atoms with Crippen LogP contribution in [0, 0.1) is 0 Å². The number of fused-ring (bicyclic) bond motifs is 8. The molecule has 8 aromatic carbocycles. The summed E-state index contributed by atoms with van der Waals surface area (Å²) < 4.78 is 12.2. The summed E-state index contributed by atoms with van der Waals surface area (Å²) in [7, 11) is 0. The van der Waals surface area contributed by atoms with Gasteiger partial charge in [0.1, 0.15) is 11.0 Å². The first-order valence-electron chi connectivity index (χ1n) is 16.1. The van der Waals surface area contributed by atoms with E-state index in [4.69, 9.17) is 18.8 Å². The first-order chi connectivity index (χ1) is 23.7. The van der Waals surface area contributed by atoms with Gasteiger partial charge in [-0.1, -0.05) is 97.1 Å². The van der Waals surface area contributed by atoms with Crippen molar-refractivity contribution in [3.05, 3.63) is 158 Å². The van der Waals surface area contributed by atoms with E-state index in [9.17, 15) is 0 Å². The molecule has 4 heteroatoms. The average Bonchev–Trinajstić information content (AvgIpc) is 3.80. The summed E-state index contributed by atoms with van der Waals surface area (Å²) in [5.74, 6) is 1.26. The minimum Gasteiger partial charge on any atom is -0.436 e. The normalized spacial score (nSPS) is 11.8. The van der Waals surface area contributed by atoms with Gasteiger partial charge in [-0.2, -0.15) is 0 Å². The molecule has 48 heavy (non-hydrogen) atoms. The molecule has 0 saturated heterocycles. The molecule has 0 aliphatic heterocycles. The summed E-state index contributed by atoms with van der Waals surface area (Å²) in [6.45, 7) is 0. The molecule has 10 rings (SSSR count). The number of para-hydroxylation sites is 4. The van der Waals surface area contributed by atoms with Gasteiger partial charge in [0.2, 0.25) is 11.8 Å². The molecule has 10 aromatic rings. The fraction of sp³-hybridized carbons (Fsp3) is 0. The summed E-state index contributed by atoms with van der Waals surface area (Å²) >= 11 is 0. The lowest BCUT2D eigenvalue weighted by Crippen LogP contribution is -1.87. The van der Waals surface area contributed by atoms with Crippen molar-refractivity contribution in [2.75, 3.05) is 0 Å². The maximum atomic E-state index is 6.09. The Morgan fingerprint density at radius 2 is 0.688 bits per heavy atom. The maximum absolute atomic E-state index is 6.09. The van der Waals surface area contributed by atoms with E-state index in [1.165, 1.54) is 32.3 Å². The summed E-state index contributed by atoms with van der Waals surface area (Å²) in [5, 5.41) is 7.38. The predicted octanol–water partition coefficient (Wildman–Crippen LogP) is 12.1. The van der Waals surface area contributed by atoms with E-state index in [0.717, 1.165) is 55.6 Å². The number of rotatable bonds is 4. The predicted molar refractivity (Wildman–Crippen MR) is 196 cm³/mol. The van der Waals surface area contributed by atoms with Crippen LogP contribution in [0.2, 0.25) is 0 Å². The molecule has 0 saturated carbocycles. The number of aromatic nitrogens is 2. The minimum absolute atomic E-state index is 0.630. The zero-order valence-corrected chi connectivity index (χ0v) is 25.7. The molecule has 224 valence electrons. The van der Waals surface area contributed by atoms with E-state index >= 15 is 0 Å². The minimum atomic E-state index is 0.630. The van der Waals surface area contributed by atoms with Crippen LogP contribution in [0.25, 0.3) is 99.7 Å². The molecule has 0 N–H and O–H groups in total. The van der Waals surface area contributed by atoms with Gasteiger partial charge in [-0.15, -0.1) is 0 Å². The van der Waals surface area contributed by atoms with Crippen LogP contribution in [0.15, 0.2) is 167 Å². The molecule has 0 radical (unpaired) electrons. The fourth-order valence-electron chi connectivity index (χ4n) is 6.97. The second-order valence-corrected chi connectivity index (χ2v) is 12.2. The van der Waals surface area contributed by atoms with E-state index in [1.54, 1.807) is 0 Å². The van der Waals surface area contributed by atoms with E-state index in [1.807, 2.05) is 48.5 Å². The molecular weight excluding hydrogens is 588 g/mol. The van der Waals surface area contributed by atoms with Gasteiger partial charge in [0.05, 0.1) is 0 Å². The van der Waals surface area contributed by atoms with Crippen molar-refractivity contribution in [3.63, 3.8) is 0 Å². The van der Waals surface area contributed by atoms with Crippen molar-refractivity contribution in [3.8, 4) is 45.2 Å². The fourth-order valence-corrected chi connectivity index (χ4v) is 6.97. The highest BCUT2D eigenvalue weighted by molar-refractivity contribution is 6.26. The van der Waals surface area contributed by atoms with Crippen LogP contribution >= 0.6 is 0 Å². The highest BCUT2D eigenvalue weighted by atomic mass is 16.4. The summed E-state index contributed by atoms with van der Waals surface area (Å²) in [6.07, 6.45) is 0.